The Morgan fingerprint density at radius 3 is 2.71 bits per heavy atom. The summed E-state index contributed by atoms with van der Waals surface area (Å²) in [6.07, 6.45) is 0. The Morgan fingerprint density at radius 2 is 2.07 bits per heavy atom. The van der Waals surface area contributed by atoms with Gasteiger partial charge >= 0.3 is 0 Å². The van der Waals surface area contributed by atoms with Crippen LogP contribution in [0.5, 0.6) is 0 Å². The van der Waals surface area contributed by atoms with Crippen LogP contribution in [0.15, 0.2) is 0 Å². The molecule has 3 heterocycles. The monoisotopic (exact) mass is 232 g/mol. The number of likely N-dealkylation sites (N-methyl/N-ethyl adjacent to an activating group) is 2. The highest BCUT2D eigenvalue weighted by molar-refractivity contribution is 8.77. The van der Waals surface area contributed by atoms with Crippen LogP contribution in [0, 0.1) is 0 Å². The van der Waals surface area contributed by atoms with Crippen LogP contribution in [-0.2, 0) is 9.59 Å². The van der Waals surface area contributed by atoms with E-state index in [-0.39, 0.29) is 17.9 Å². The van der Waals surface area contributed by atoms with E-state index in [0.717, 1.165) is 0 Å². The Hall–Kier alpha value is -0.360. The molecule has 2 bridgehead atoms. The van der Waals surface area contributed by atoms with Gasteiger partial charge in [-0.05, 0) is 6.92 Å². The smallest absolute Gasteiger partial charge is 0.260 e. The van der Waals surface area contributed by atoms with Gasteiger partial charge in [0.15, 0.2) is 4.87 Å². The van der Waals surface area contributed by atoms with E-state index in [1.807, 2.05) is 6.92 Å². The van der Waals surface area contributed by atoms with Crippen LogP contribution < -0.4 is 0 Å². The average molecular weight is 232 g/mol. The Balaban J connectivity index is 2.49. The first-order valence-electron chi connectivity index (χ1n) is 4.34. The summed E-state index contributed by atoms with van der Waals surface area (Å²) in [6.45, 7) is 1.81. The summed E-state index contributed by atoms with van der Waals surface area (Å²) in [7, 11) is 6.50. The number of hydrogen-bond acceptors (Lipinski definition) is 4. The Morgan fingerprint density at radius 1 is 1.43 bits per heavy atom. The van der Waals surface area contributed by atoms with Crippen molar-refractivity contribution in [2.24, 2.45) is 0 Å². The first-order chi connectivity index (χ1) is 6.48. The van der Waals surface area contributed by atoms with Gasteiger partial charge in [-0.2, -0.15) is 0 Å². The standard InChI is InChI=1S/C8H12N2O2S2/c1-8-7(12)9(2)5(4-13-14-8)6(11)10(8)3/h5H,4H2,1-3H3. The van der Waals surface area contributed by atoms with Crippen molar-refractivity contribution in [2.75, 3.05) is 19.8 Å². The molecule has 78 valence electrons. The second-order valence-corrected chi connectivity index (χ2v) is 6.42. The SMILES string of the molecule is CN1C(=O)C2(C)SSCC1C(=O)N2C. The van der Waals surface area contributed by atoms with Crippen molar-refractivity contribution in [2.45, 2.75) is 17.8 Å². The summed E-state index contributed by atoms with van der Waals surface area (Å²) in [4.78, 5) is 26.3. The fraction of sp³-hybridized carbons (Fsp3) is 0.750. The fourth-order valence-corrected chi connectivity index (χ4v) is 4.74. The molecule has 2 atom stereocenters. The molecule has 0 aromatic carbocycles. The molecule has 3 aliphatic heterocycles. The molecule has 0 spiro atoms. The number of hydrogen-bond donors (Lipinski definition) is 0. The number of nitrogens with zero attached hydrogens (tertiary/aromatic N) is 2. The lowest BCUT2D eigenvalue weighted by atomic mass is 10.1. The predicted molar refractivity (Wildman–Crippen MR) is 57.8 cm³/mol. The van der Waals surface area contributed by atoms with E-state index in [1.54, 1.807) is 34.7 Å². The number of piperazine rings is 1. The summed E-state index contributed by atoms with van der Waals surface area (Å²) >= 11 is 0. The highest BCUT2D eigenvalue weighted by atomic mass is 33.1. The van der Waals surface area contributed by atoms with Crippen molar-refractivity contribution in [3.63, 3.8) is 0 Å². The van der Waals surface area contributed by atoms with Gasteiger partial charge in [-0.3, -0.25) is 9.59 Å². The highest BCUT2D eigenvalue weighted by Crippen LogP contribution is 2.46. The molecule has 3 fully saturated rings. The minimum absolute atomic E-state index is 0.0274. The van der Waals surface area contributed by atoms with E-state index in [4.69, 9.17) is 0 Å². The molecule has 14 heavy (non-hydrogen) atoms. The zero-order valence-electron chi connectivity index (χ0n) is 8.31. The maximum atomic E-state index is 12.0. The van der Waals surface area contributed by atoms with Crippen LogP contribution in [-0.4, -0.2) is 52.4 Å². The predicted octanol–water partition coefficient (Wildman–Crippen LogP) is 0.397. The third kappa shape index (κ3) is 1.10. The summed E-state index contributed by atoms with van der Waals surface area (Å²) in [6, 6.07) is -0.277. The van der Waals surface area contributed by atoms with Crippen molar-refractivity contribution >= 4 is 33.4 Å². The van der Waals surface area contributed by atoms with Crippen molar-refractivity contribution in [3.8, 4) is 0 Å². The van der Waals surface area contributed by atoms with Crippen molar-refractivity contribution in [1.82, 2.24) is 9.80 Å². The average Bonchev–Trinajstić information content (AvgIpc) is 2.34. The fourth-order valence-electron chi connectivity index (χ4n) is 1.70. The summed E-state index contributed by atoms with van der Waals surface area (Å²) in [5, 5.41) is 0. The van der Waals surface area contributed by atoms with Crippen molar-refractivity contribution in [1.29, 1.82) is 0 Å². The van der Waals surface area contributed by atoms with Gasteiger partial charge in [-0.1, -0.05) is 21.6 Å². The number of carbonyl (C=O) groups is 2. The second kappa shape index (κ2) is 3.06. The highest BCUT2D eigenvalue weighted by Gasteiger charge is 2.54. The van der Waals surface area contributed by atoms with Crippen LogP contribution in [0.25, 0.3) is 0 Å². The molecule has 2 unspecified atom stereocenters. The van der Waals surface area contributed by atoms with Gasteiger partial charge in [0.25, 0.3) is 5.91 Å². The van der Waals surface area contributed by atoms with Crippen LogP contribution in [0.2, 0.25) is 0 Å². The lowest BCUT2D eigenvalue weighted by Crippen LogP contribution is -2.66. The number of rotatable bonds is 0. The van der Waals surface area contributed by atoms with E-state index >= 15 is 0 Å². The summed E-state index contributed by atoms with van der Waals surface area (Å²) < 4.78 is 0. The minimum atomic E-state index is -0.719. The van der Waals surface area contributed by atoms with Crippen LogP contribution >= 0.6 is 21.6 Å². The lowest BCUT2D eigenvalue weighted by Gasteiger charge is -2.44. The maximum absolute atomic E-state index is 12.0. The molecule has 4 nitrogen and oxygen atoms in total. The minimum Gasteiger partial charge on any atom is -0.330 e. The molecule has 3 saturated heterocycles. The van der Waals surface area contributed by atoms with Gasteiger partial charge < -0.3 is 9.80 Å². The van der Waals surface area contributed by atoms with Gasteiger partial charge in [-0.15, -0.1) is 0 Å². The molecule has 6 heteroatoms. The van der Waals surface area contributed by atoms with Crippen LogP contribution in [0.4, 0.5) is 0 Å². The second-order valence-electron chi connectivity index (χ2n) is 3.68. The maximum Gasteiger partial charge on any atom is 0.260 e. The Kier molecular flexibility index (Phi) is 2.23. The third-order valence-corrected chi connectivity index (χ3v) is 5.97. The molecular formula is C8H12N2O2S2. The summed E-state index contributed by atoms with van der Waals surface area (Å²) in [5.74, 6) is 0.762. The zero-order chi connectivity index (χ0) is 10.5. The van der Waals surface area contributed by atoms with E-state index in [0.29, 0.717) is 5.75 Å². The first kappa shape index (κ1) is 10.2. The summed E-state index contributed by atoms with van der Waals surface area (Å²) in [5.41, 5.74) is 0. The van der Waals surface area contributed by atoms with E-state index < -0.39 is 4.87 Å². The molecule has 0 N–H and O–H groups in total. The van der Waals surface area contributed by atoms with Gasteiger partial charge in [0.2, 0.25) is 5.91 Å². The molecule has 2 amide bonds. The van der Waals surface area contributed by atoms with Crippen molar-refractivity contribution < 1.29 is 9.59 Å². The molecule has 0 radical (unpaired) electrons. The van der Waals surface area contributed by atoms with Crippen molar-refractivity contribution in [3.05, 3.63) is 0 Å². The quantitative estimate of drug-likeness (QED) is 0.567. The molecule has 0 aliphatic carbocycles. The van der Waals surface area contributed by atoms with E-state index in [2.05, 4.69) is 0 Å². The van der Waals surface area contributed by atoms with E-state index in [9.17, 15) is 9.59 Å². The molecular weight excluding hydrogens is 220 g/mol. The number of amides is 2. The zero-order valence-corrected chi connectivity index (χ0v) is 9.94. The van der Waals surface area contributed by atoms with E-state index in [1.165, 1.54) is 10.8 Å². The Bertz CT molecular complexity index is 306. The Labute approximate surface area is 90.8 Å². The van der Waals surface area contributed by atoms with Crippen LogP contribution in [0.3, 0.4) is 0 Å². The topological polar surface area (TPSA) is 40.6 Å². The van der Waals surface area contributed by atoms with Gasteiger partial charge in [-0.25, -0.2) is 0 Å². The third-order valence-electron chi connectivity index (χ3n) is 2.89. The lowest BCUT2D eigenvalue weighted by molar-refractivity contribution is -0.158. The largest absolute Gasteiger partial charge is 0.330 e. The number of fused-ring (bicyclic) bond motifs is 4. The first-order valence-corrected chi connectivity index (χ1v) is 6.66. The molecule has 0 saturated carbocycles. The molecule has 0 aromatic rings. The molecule has 0 aromatic heterocycles. The van der Waals surface area contributed by atoms with Crippen LogP contribution in [0.1, 0.15) is 6.92 Å². The van der Waals surface area contributed by atoms with Gasteiger partial charge in [0.1, 0.15) is 6.04 Å². The number of carbonyl (C=O) groups excluding carboxylic acids is 2. The molecule has 3 rings (SSSR count). The normalized spacial score (nSPS) is 37.8. The molecule has 3 aliphatic rings. The van der Waals surface area contributed by atoms with Gasteiger partial charge in [0.05, 0.1) is 0 Å². The van der Waals surface area contributed by atoms with Gasteiger partial charge in [0, 0.05) is 19.8 Å².